The number of benzene rings is 2. The minimum atomic E-state index is -0.0253. The zero-order chi connectivity index (χ0) is 13.7. The molecule has 0 aromatic heterocycles. The Labute approximate surface area is 130 Å². The lowest BCUT2D eigenvalue weighted by molar-refractivity contribution is 0.298. The summed E-state index contributed by atoms with van der Waals surface area (Å²) in [4.78, 5) is 0. The van der Waals surface area contributed by atoms with Crippen LogP contribution in [0.15, 0.2) is 57.5 Å². The van der Waals surface area contributed by atoms with Crippen molar-refractivity contribution in [1.82, 2.24) is 0 Å². The fraction of sp³-hybridized carbons (Fsp3) is 0.200. The lowest BCUT2D eigenvalue weighted by Gasteiger charge is -2.14. The van der Waals surface area contributed by atoms with Gasteiger partial charge in [-0.25, -0.2) is 0 Å². The van der Waals surface area contributed by atoms with E-state index in [-0.39, 0.29) is 6.04 Å². The molecular weight excluding hydrogens is 370 g/mol. The molecule has 4 heteroatoms. The van der Waals surface area contributed by atoms with Crippen LogP contribution in [0.5, 0.6) is 5.75 Å². The van der Waals surface area contributed by atoms with Crippen molar-refractivity contribution in [2.24, 2.45) is 5.73 Å². The number of nitrogens with two attached hydrogens (primary N) is 1. The SMILES string of the molecule is NC(CCOc1cccc(Br)c1)c1ccccc1Br. The van der Waals surface area contributed by atoms with Crippen LogP contribution < -0.4 is 10.5 Å². The van der Waals surface area contributed by atoms with Gasteiger partial charge >= 0.3 is 0 Å². The molecule has 100 valence electrons. The van der Waals surface area contributed by atoms with Gasteiger partial charge in [0, 0.05) is 21.4 Å². The summed E-state index contributed by atoms with van der Waals surface area (Å²) >= 11 is 6.93. The smallest absolute Gasteiger partial charge is 0.120 e. The largest absolute Gasteiger partial charge is 0.493 e. The van der Waals surface area contributed by atoms with Crippen molar-refractivity contribution in [3.8, 4) is 5.75 Å². The molecule has 0 aliphatic rings. The van der Waals surface area contributed by atoms with Crippen LogP contribution in [0.3, 0.4) is 0 Å². The summed E-state index contributed by atoms with van der Waals surface area (Å²) in [6, 6.07) is 15.8. The second-order valence-electron chi connectivity index (χ2n) is 4.22. The first-order valence-electron chi connectivity index (χ1n) is 6.05. The maximum atomic E-state index is 6.17. The van der Waals surface area contributed by atoms with E-state index in [1.54, 1.807) is 0 Å². The normalized spacial score (nSPS) is 12.2. The number of halogens is 2. The van der Waals surface area contributed by atoms with Gasteiger partial charge in [-0.1, -0.05) is 56.1 Å². The Hall–Kier alpha value is -0.840. The Kier molecular flexibility index (Phi) is 5.43. The van der Waals surface area contributed by atoms with Crippen molar-refractivity contribution in [3.05, 3.63) is 63.0 Å². The van der Waals surface area contributed by atoms with Gasteiger partial charge in [0.15, 0.2) is 0 Å². The molecule has 0 heterocycles. The van der Waals surface area contributed by atoms with Gasteiger partial charge in [0.2, 0.25) is 0 Å². The maximum Gasteiger partial charge on any atom is 0.120 e. The van der Waals surface area contributed by atoms with E-state index in [0.29, 0.717) is 6.61 Å². The van der Waals surface area contributed by atoms with E-state index in [1.165, 1.54) is 0 Å². The minimum absolute atomic E-state index is 0.0253. The van der Waals surface area contributed by atoms with Crippen LogP contribution in [0.25, 0.3) is 0 Å². The fourth-order valence-electron chi connectivity index (χ4n) is 1.79. The van der Waals surface area contributed by atoms with Gasteiger partial charge in [-0.2, -0.15) is 0 Å². The molecule has 1 atom stereocenters. The summed E-state index contributed by atoms with van der Waals surface area (Å²) in [5.41, 5.74) is 7.28. The lowest BCUT2D eigenvalue weighted by atomic mass is 10.1. The van der Waals surface area contributed by atoms with Crippen molar-refractivity contribution in [2.75, 3.05) is 6.61 Å². The van der Waals surface area contributed by atoms with Crippen molar-refractivity contribution in [3.63, 3.8) is 0 Å². The first kappa shape index (κ1) is 14.6. The first-order valence-corrected chi connectivity index (χ1v) is 7.64. The van der Waals surface area contributed by atoms with Crippen LogP contribution >= 0.6 is 31.9 Å². The Morgan fingerprint density at radius 1 is 1.05 bits per heavy atom. The molecule has 2 nitrogen and oxygen atoms in total. The van der Waals surface area contributed by atoms with Gasteiger partial charge in [0.1, 0.15) is 5.75 Å². The zero-order valence-electron chi connectivity index (χ0n) is 10.4. The van der Waals surface area contributed by atoms with E-state index in [0.717, 1.165) is 26.7 Å². The van der Waals surface area contributed by atoms with Gasteiger partial charge in [0.05, 0.1) is 6.61 Å². The third kappa shape index (κ3) is 4.34. The molecule has 0 bridgehead atoms. The molecular formula is C15H15Br2NO. The predicted molar refractivity (Wildman–Crippen MR) is 85.3 cm³/mol. The minimum Gasteiger partial charge on any atom is -0.493 e. The molecule has 0 saturated heterocycles. The van der Waals surface area contributed by atoms with Crippen LogP contribution in [0.4, 0.5) is 0 Å². The van der Waals surface area contributed by atoms with Crippen LogP contribution in [-0.2, 0) is 0 Å². The van der Waals surface area contributed by atoms with Crippen molar-refractivity contribution < 1.29 is 4.74 Å². The number of ether oxygens (including phenoxy) is 1. The highest BCUT2D eigenvalue weighted by molar-refractivity contribution is 9.10. The van der Waals surface area contributed by atoms with Crippen LogP contribution in [0.2, 0.25) is 0 Å². The molecule has 2 aromatic rings. The van der Waals surface area contributed by atoms with Crippen LogP contribution in [-0.4, -0.2) is 6.61 Å². The lowest BCUT2D eigenvalue weighted by Crippen LogP contribution is -2.14. The molecule has 2 rings (SSSR count). The van der Waals surface area contributed by atoms with E-state index in [9.17, 15) is 0 Å². The number of hydrogen-bond acceptors (Lipinski definition) is 2. The predicted octanol–water partition coefficient (Wildman–Crippen LogP) is 4.68. The quantitative estimate of drug-likeness (QED) is 0.812. The highest BCUT2D eigenvalue weighted by Gasteiger charge is 2.09. The van der Waals surface area contributed by atoms with Gasteiger partial charge in [-0.05, 0) is 29.8 Å². The summed E-state index contributed by atoms with van der Waals surface area (Å²) in [5.74, 6) is 0.855. The van der Waals surface area contributed by atoms with Gasteiger partial charge in [0.25, 0.3) is 0 Å². The molecule has 2 N–H and O–H groups in total. The topological polar surface area (TPSA) is 35.2 Å². The van der Waals surface area contributed by atoms with E-state index >= 15 is 0 Å². The van der Waals surface area contributed by atoms with E-state index < -0.39 is 0 Å². The first-order chi connectivity index (χ1) is 9.16. The third-order valence-corrected chi connectivity index (χ3v) is 4.01. The average molecular weight is 385 g/mol. The van der Waals surface area contributed by atoms with E-state index in [4.69, 9.17) is 10.5 Å². The summed E-state index contributed by atoms with van der Waals surface area (Å²) in [6.07, 6.45) is 0.773. The second-order valence-corrected chi connectivity index (χ2v) is 5.99. The molecule has 0 radical (unpaired) electrons. The molecule has 0 saturated carbocycles. The highest BCUT2D eigenvalue weighted by Crippen LogP contribution is 2.24. The van der Waals surface area contributed by atoms with Crippen molar-refractivity contribution in [2.45, 2.75) is 12.5 Å². The van der Waals surface area contributed by atoms with Gasteiger partial charge < -0.3 is 10.5 Å². The summed E-state index contributed by atoms with van der Waals surface area (Å²) in [5, 5.41) is 0. The average Bonchev–Trinajstić information content (AvgIpc) is 2.39. The molecule has 19 heavy (non-hydrogen) atoms. The molecule has 1 unspecified atom stereocenters. The summed E-state index contributed by atoms with van der Waals surface area (Å²) in [7, 11) is 0. The van der Waals surface area contributed by atoms with E-state index in [2.05, 4.69) is 31.9 Å². The van der Waals surface area contributed by atoms with Gasteiger partial charge in [-0.15, -0.1) is 0 Å². The highest BCUT2D eigenvalue weighted by atomic mass is 79.9. The Balaban J connectivity index is 1.88. The molecule has 0 amide bonds. The molecule has 0 fully saturated rings. The summed E-state index contributed by atoms with van der Waals surface area (Å²) in [6.45, 7) is 0.596. The third-order valence-electron chi connectivity index (χ3n) is 2.80. The monoisotopic (exact) mass is 383 g/mol. The Morgan fingerprint density at radius 2 is 1.84 bits per heavy atom. The Morgan fingerprint density at radius 3 is 2.58 bits per heavy atom. The Bertz CT molecular complexity index is 545. The van der Waals surface area contributed by atoms with Crippen LogP contribution in [0.1, 0.15) is 18.0 Å². The van der Waals surface area contributed by atoms with Crippen molar-refractivity contribution >= 4 is 31.9 Å². The number of rotatable bonds is 5. The van der Waals surface area contributed by atoms with Crippen molar-refractivity contribution in [1.29, 1.82) is 0 Å². The van der Waals surface area contributed by atoms with Crippen LogP contribution in [0, 0.1) is 0 Å². The van der Waals surface area contributed by atoms with Gasteiger partial charge in [-0.3, -0.25) is 0 Å². The van der Waals surface area contributed by atoms with E-state index in [1.807, 2.05) is 48.5 Å². The fourth-order valence-corrected chi connectivity index (χ4v) is 2.75. The second kappa shape index (κ2) is 7.08. The molecule has 0 aliphatic heterocycles. The number of hydrogen-bond donors (Lipinski definition) is 1. The molecule has 0 spiro atoms. The zero-order valence-corrected chi connectivity index (χ0v) is 13.5. The maximum absolute atomic E-state index is 6.17. The molecule has 2 aromatic carbocycles. The standard InChI is InChI=1S/C15H15Br2NO/c16-11-4-3-5-12(10-11)19-9-8-15(18)13-6-1-2-7-14(13)17/h1-7,10,15H,8-9,18H2. The summed E-state index contributed by atoms with van der Waals surface area (Å²) < 4.78 is 7.75. The molecule has 0 aliphatic carbocycles.